The molecule has 2 aromatic carbocycles. The standard InChI is InChI=1S/C31H41N3O8S/c1-7-17(2)28(31(37)33-20-12-13-43(38,39)16-20)34-24-11-9-21-22(15-25(24)36)23(32-18(3)35)10-8-19-14-26(40-4)29(41-5)30(42-6)27(19)21/h9,11,14-15,17,20,23,28H,7-8,10,12-13,16H2,1-6H3,(H,32,35)(H,33,37)(H,34,36)/t17-,20+,23+,28+/m1/s1. The predicted molar refractivity (Wildman–Crippen MR) is 165 cm³/mol. The lowest BCUT2D eigenvalue weighted by Crippen LogP contribution is -2.48. The molecule has 2 amide bonds. The minimum atomic E-state index is -3.18. The molecule has 1 fully saturated rings. The molecule has 1 heterocycles. The van der Waals surface area contributed by atoms with Gasteiger partial charge in [-0.05, 0) is 60.1 Å². The van der Waals surface area contributed by atoms with Crippen molar-refractivity contribution in [1.82, 2.24) is 10.6 Å². The monoisotopic (exact) mass is 615 g/mol. The second-order valence-electron chi connectivity index (χ2n) is 11.2. The van der Waals surface area contributed by atoms with E-state index in [1.807, 2.05) is 19.9 Å². The minimum Gasteiger partial charge on any atom is -0.493 e. The number of rotatable bonds is 10. The van der Waals surface area contributed by atoms with Gasteiger partial charge in [0.2, 0.25) is 23.0 Å². The van der Waals surface area contributed by atoms with Crippen LogP contribution in [0.1, 0.15) is 57.2 Å². The number of ether oxygens (including phenoxy) is 3. The molecule has 0 spiro atoms. The highest BCUT2D eigenvalue weighted by atomic mass is 32.2. The third-order valence-corrected chi connectivity index (χ3v) is 10.1. The van der Waals surface area contributed by atoms with E-state index < -0.39 is 28.0 Å². The molecule has 2 aromatic rings. The molecule has 1 saturated heterocycles. The van der Waals surface area contributed by atoms with Crippen LogP contribution < -0.4 is 35.6 Å². The number of carbonyl (C=O) groups excluding carboxylic acids is 2. The van der Waals surface area contributed by atoms with Crippen molar-refractivity contribution in [2.75, 3.05) is 38.2 Å². The molecular formula is C31H41N3O8S. The quantitative estimate of drug-likeness (QED) is 0.367. The third kappa shape index (κ3) is 6.90. The molecule has 11 nitrogen and oxygen atoms in total. The maximum atomic E-state index is 13.8. The molecule has 4 rings (SSSR count). The van der Waals surface area contributed by atoms with E-state index in [4.69, 9.17) is 14.2 Å². The van der Waals surface area contributed by atoms with Crippen molar-refractivity contribution in [3.8, 4) is 28.4 Å². The van der Waals surface area contributed by atoms with Crippen molar-refractivity contribution in [2.45, 2.75) is 64.6 Å². The van der Waals surface area contributed by atoms with Crippen LogP contribution in [0.4, 0.5) is 5.69 Å². The lowest BCUT2D eigenvalue weighted by atomic mass is 9.95. The summed E-state index contributed by atoms with van der Waals surface area (Å²) in [5.74, 6) is 0.549. The van der Waals surface area contributed by atoms with E-state index in [1.54, 1.807) is 19.2 Å². The number of anilines is 1. The summed E-state index contributed by atoms with van der Waals surface area (Å²) in [4.78, 5) is 39.4. The molecule has 1 aliphatic heterocycles. The summed E-state index contributed by atoms with van der Waals surface area (Å²) in [7, 11) is 1.43. The molecule has 0 unspecified atom stereocenters. The van der Waals surface area contributed by atoms with Gasteiger partial charge < -0.3 is 30.2 Å². The molecule has 2 aliphatic rings. The van der Waals surface area contributed by atoms with Crippen LogP contribution in [0, 0.1) is 5.92 Å². The van der Waals surface area contributed by atoms with E-state index in [0.717, 1.165) is 11.1 Å². The van der Waals surface area contributed by atoms with Crippen LogP contribution in [0.15, 0.2) is 29.1 Å². The van der Waals surface area contributed by atoms with Crippen molar-refractivity contribution in [3.63, 3.8) is 0 Å². The smallest absolute Gasteiger partial charge is 0.243 e. The van der Waals surface area contributed by atoms with Crippen LogP contribution in [-0.4, -0.2) is 65.2 Å². The lowest BCUT2D eigenvalue weighted by molar-refractivity contribution is -0.123. The molecule has 43 heavy (non-hydrogen) atoms. The van der Waals surface area contributed by atoms with Gasteiger partial charge in [-0.2, -0.15) is 0 Å². The summed E-state index contributed by atoms with van der Waals surface area (Å²) in [5, 5.41) is 9.02. The summed E-state index contributed by atoms with van der Waals surface area (Å²) in [6.45, 7) is 5.28. The summed E-state index contributed by atoms with van der Waals surface area (Å²) in [6.07, 6.45) is 2.10. The highest BCUT2D eigenvalue weighted by Crippen LogP contribution is 2.50. The number of carbonyl (C=O) groups is 2. The van der Waals surface area contributed by atoms with Crippen molar-refractivity contribution in [2.24, 2.45) is 5.92 Å². The highest BCUT2D eigenvalue weighted by Gasteiger charge is 2.33. The lowest BCUT2D eigenvalue weighted by Gasteiger charge is -2.25. The molecule has 0 radical (unpaired) electrons. The zero-order valence-corrected chi connectivity index (χ0v) is 26.4. The topological polar surface area (TPSA) is 149 Å². The normalized spacial score (nSPS) is 20.0. The maximum Gasteiger partial charge on any atom is 0.243 e. The zero-order valence-electron chi connectivity index (χ0n) is 25.5. The Bertz CT molecular complexity index is 1560. The van der Waals surface area contributed by atoms with E-state index in [0.29, 0.717) is 54.1 Å². The molecule has 4 atom stereocenters. The van der Waals surface area contributed by atoms with Crippen LogP contribution in [0.3, 0.4) is 0 Å². The van der Waals surface area contributed by atoms with E-state index in [9.17, 15) is 22.8 Å². The van der Waals surface area contributed by atoms with E-state index in [1.165, 1.54) is 27.2 Å². The molecular weight excluding hydrogens is 574 g/mol. The largest absolute Gasteiger partial charge is 0.493 e. The van der Waals surface area contributed by atoms with Crippen LogP contribution in [0.5, 0.6) is 17.2 Å². The first-order valence-corrected chi connectivity index (χ1v) is 16.3. The van der Waals surface area contributed by atoms with Gasteiger partial charge in [-0.15, -0.1) is 0 Å². The summed E-state index contributed by atoms with van der Waals surface area (Å²) in [6, 6.07) is 5.11. The average molecular weight is 616 g/mol. The number of methoxy groups -OCH3 is 3. The Kier molecular flexibility index (Phi) is 9.89. The minimum absolute atomic E-state index is 0.0429. The van der Waals surface area contributed by atoms with Crippen LogP contribution in [-0.2, 0) is 25.8 Å². The SMILES string of the molecule is CC[C@@H](C)[C@H](Nc1ccc2c(cc1=O)[C@@H](NC(C)=O)CCc1cc(OC)c(OC)c(OC)c1-2)C(=O)N[C@H]1CCS(=O)(=O)C1. The number of aryl methyl sites for hydroxylation is 1. The Labute approximate surface area is 252 Å². The molecule has 0 aromatic heterocycles. The van der Waals surface area contributed by atoms with Crippen molar-refractivity contribution in [1.29, 1.82) is 0 Å². The average Bonchev–Trinajstić information content (AvgIpc) is 3.14. The fourth-order valence-electron chi connectivity index (χ4n) is 5.90. The third-order valence-electron chi connectivity index (χ3n) is 8.30. The Morgan fingerprint density at radius 1 is 1.02 bits per heavy atom. The van der Waals surface area contributed by atoms with Crippen LogP contribution >= 0.6 is 0 Å². The predicted octanol–water partition coefficient (Wildman–Crippen LogP) is 2.99. The first kappa shape index (κ1) is 32.1. The molecule has 3 N–H and O–H groups in total. The van der Waals surface area contributed by atoms with Gasteiger partial charge in [-0.25, -0.2) is 8.42 Å². The van der Waals surface area contributed by atoms with E-state index in [-0.39, 0.29) is 40.4 Å². The number of amides is 2. The van der Waals surface area contributed by atoms with Gasteiger partial charge >= 0.3 is 0 Å². The molecule has 12 heteroatoms. The summed E-state index contributed by atoms with van der Waals surface area (Å²) in [5.41, 5.74) is 2.76. The van der Waals surface area contributed by atoms with Crippen molar-refractivity contribution in [3.05, 3.63) is 45.6 Å². The van der Waals surface area contributed by atoms with Crippen molar-refractivity contribution < 1.29 is 32.2 Å². The number of sulfone groups is 1. The molecule has 0 bridgehead atoms. The fraction of sp³-hybridized carbons (Fsp3) is 0.516. The first-order chi connectivity index (χ1) is 20.4. The van der Waals surface area contributed by atoms with E-state index in [2.05, 4.69) is 16.0 Å². The Balaban J connectivity index is 1.83. The zero-order chi connectivity index (χ0) is 31.5. The van der Waals surface area contributed by atoms with Gasteiger partial charge in [0.25, 0.3) is 0 Å². The number of nitrogens with one attached hydrogen (secondary N) is 3. The number of hydrogen-bond acceptors (Lipinski definition) is 9. The molecule has 234 valence electrons. The number of benzene rings is 1. The molecule has 0 saturated carbocycles. The van der Waals surface area contributed by atoms with Gasteiger partial charge in [0, 0.05) is 18.5 Å². The maximum absolute atomic E-state index is 13.8. The highest BCUT2D eigenvalue weighted by molar-refractivity contribution is 7.91. The van der Waals surface area contributed by atoms with Crippen LogP contribution in [0.2, 0.25) is 0 Å². The van der Waals surface area contributed by atoms with E-state index >= 15 is 0 Å². The molecule has 1 aliphatic carbocycles. The second-order valence-corrected chi connectivity index (χ2v) is 13.4. The number of hydrogen-bond donors (Lipinski definition) is 3. The summed E-state index contributed by atoms with van der Waals surface area (Å²) < 4.78 is 41.0. The first-order valence-electron chi connectivity index (χ1n) is 14.5. The number of fused-ring (bicyclic) bond motifs is 3. The Morgan fingerprint density at radius 3 is 2.33 bits per heavy atom. The Morgan fingerprint density at radius 2 is 1.74 bits per heavy atom. The Hall–Kier alpha value is -3.80. The van der Waals surface area contributed by atoms with Gasteiger partial charge in [0.1, 0.15) is 6.04 Å². The van der Waals surface area contributed by atoms with Gasteiger partial charge in [0.15, 0.2) is 21.3 Å². The fourth-order valence-corrected chi connectivity index (χ4v) is 7.57. The van der Waals surface area contributed by atoms with Gasteiger partial charge in [-0.3, -0.25) is 14.4 Å². The van der Waals surface area contributed by atoms with Gasteiger partial charge in [0.05, 0.1) is 44.6 Å². The second kappa shape index (κ2) is 13.2. The van der Waals surface area contributed by atoms with Gasteiger partial charge in [-0.1, -0.05) is 26.3 Å². The van der Waals surface area contributed by atoms with Crippen molar-refractivity contribution >= 4 is 27.3 Å². The summed E-state index contributed by atoms with van der Waals surface area (Å²) >= 11 is 0. The van der Waals surface area contributed by atoms with Crippen LogP contribution in [0.25, 0.3) is 11.1 Å².